The lowest BCUT2D eigenvalue weighted by molar-refractivity contribution is -0.137. The van der Waals surface area contributed by atoms with Gasteiger partial charge in [0.25, 0.3) is 0 Å². The molecule has 0 bridgehead atoms. The van der Waals surface area contributed by atoms with Crippen LogP contribution in [0.2, 0.25) is 0 Å². The van der Waals surface area contributed by atoms with Crippen molar-refractivity contribution in [2.24, 2.45) is 0 Å². The monoisotopic (exact) mass is 242 g/mol. The van der Waals surface area contributed by atoms with E-state index in [0.29, 0.717) is 5.56 Å². The third-order valence-electron chi connectivity index (χ3n) is 2.36. The number of aromatic amines is 1. The predicted octanol–water partition coefficient (Wildman–Crippen LogP) is 2.24. The van der Waals surface area contributed by atoms with Crippen LogP contribution in [0.15, 0.2) is 41.5 Å². The molecule has 17 heavy (non-hydrogen) atoms. The first-order valence-corrected chi connectivity index (χ1v) is 4.87. The molecule has 90 valence electrons. The van der Waals surface area contributed by atoms with Gasteiger partial charge >= 0.3 is 11.9 Å². The van der Waals surface area contributed by atoms with Crippen LogP contribution in [0.3, 0.4) is 0 Å². The molecule has 3 nitrogen and oxygen atoms in total. The van der Waals surface area contributed by atoms with E-state index in [1.807, 2.05) is 0 Å². The largest absolute Gasteiger partial charge is 0.416 e. The molecule has 0 aliphatic heterocycles. The van der Waals surface area contributed by atoms with Crippen molar-refractivity contribution in [3.8, 4) is 0 Å². The fraction of sp³-hybridized carbons (Fsp3) is 0.182. The summed E-state index contributed by atoms with van der Waals surface area (Å²) in [5.74, 6) is 0. The van der Waals surface area contributed by atoms with E-state index in [2.05, 4.69) is 4.98 Å². The number of hydrogen-bond acceptors (Lipinski definition) is 1. The third-order valence-corrected chi connectivity index (χ3v) is 2.36. The van der Waals surface area contributed by atoms with Crippen LogP contribution in [0.1, 0.15) is 11.1 Å². The van der Waals surface area contributed by atoms with Gasteiger partial charge in [-0.05, 0) is 17.7 Å². The van der Waals surface area contributed by atoms with Crippen LogP contribution < -0.4 is 5.69 Å². The van der Waals surface area contributed by atoms with Crippen molar-refractivity contribution < 1.29 is 13.2 Å². The van der Waals surface area contributed by atoms with Crippen molar-refractivity contribution in [2.75, 3.05) is 0 Å². The molecule has 0 aliphatic rings. The SMILES string of the molecule is O=c1[nH]ccn1Cc1ccc(C(F)(F)F)cc1. The Balaban J connectivity index is 2.20. The van der Waals surface area contributed by atoms with E-state index in [1.165, 1.54) is 22.9 Å². The number of hydrogen-bond donors (Lipinski definition) is 1. The molecular weight excluding hydrogens is 233 g/mol. The van der Waals surface area contributed by atoms with Crippen molar-refractivity contribution in [3.63, 3.8) is 0 Å². The zero-order valence-corrected chi connectivity index (χ0v) is 8.66. The Labute approximate surface area is 94.5 Å². The summed E-state index contributed by atoms with van der Waals surface area (Å²) >= 11 is 0. The molecule has 1 heterocycles. The lowest BCUT2D eigenvalue weighted by atomic mass is 10.1. The van der Waals surface area contributed by atoms with E-state index in [1.54, 1.807) is 6.20 Å². The molecular formula is C11H9F3N2O. The zero-order chi connectivity index (χ0) is 12.5. The number of imidazole rings is 1. The average Bonchev–Trinajstić information content (AvgIpc) is 2.64. The Morgan fingerprint density at radius 2 is 1.82 bits per heavy atom. The van der Waals surface area contributed by atoms with E-state index in [-0.39, 0.29) is 12.2 Å². The lowest BCUT2D eigenvalue weighted by Gasteiger charge is -2.07. The van der Waals surface area contributed by atoms with Crippen molar-refractivity contribution in [1.82, 2.24) is 9.55 Å². The van der Waals surface area contributed by atoms with Gasteiger partial charge in [0.1, 0.15) is 0 Å². The van der Waals surface area contributed by atoms with Crippen LogP contribution in [0, 0.1) is 0 Å². The Bertz CT molecular complexity index is 551. The van der Waals surface area contributed by atoms with Crippen LogP contribution in [-0.2, 0) is 12.7 Å². The Morgan fingerprint density at radius 1 is 1.18 bits per heavy atom. The number of H-pyrrole nitrogens is 1. The van der Waals surface area contributed by atoms with Crippen molar-refractivity contribution in [1.29, 1.82) is 0 Å². The molecule has 0 amide bonds. The second kappa shape index (κ2) is 4.12. The van der Waals surface area contributed by atoms with Crippen LogP contribution >= 0.6 is 0 Å². The quantitative estimate of drug-likeness (QED) is 0.861. The molecule has 1 aromatic carbocycles. The van der Waals surface area contributed by atoms with Gasteiger partial charge in [0.2, 0.25) is 0 Å². The molecule has 2 rings (SSSR count). The van der Waals surface area contributed by atoms with Gasteiger partial charge in [-0.15, -0.1) is 0 Å². The number of nitrogens with one attached hydrogen (secondary N) is 1. The number of aromatic nitrogens is 2. The molecule has 0 unspecified atom stereocenters. The zero-order valence-electron chi connectivity index (χ0n) is 8.66. The topological polar surface area (TPSA) is 37.8 Å². The summed E-state index contributed by atoms with van der Waals surface area (Å²) in [5.41, 5.74) is -0.340. The molecule has 0 fully saturated rings. The minimum absolute atomic E-state index is 0.250. The van der Waals surface area contributed by atoms with Crippen LogP contribution in [-0.4, -0.2) is 9.55 Å². The van der Waals surface area contributed by atoms with Crippen LogP contribution in [0.25, 0.3) is 0 Å². The third kappa shape index (κ3) is 2.58. The fourth-order valence-corrected chi connectivity index (χ4v) is 1.47. The molecule has 2 aromatic rings. The predicted molar refractivity (Wildman–Crippen MR) is 55.6 cm³/mol. The summed E-state index contributed by atoms with van der Waals surface area (Å²) in [5, 5.41) is 0. The first kappa shape index (κ1) is 11.5. The Hall–Kier alpha value is -1.98. The van der Waals surface area contributed by atoms with Crippen molar-refractivity contribution in [2.45, 2.75) is 12.7 Å². The van der Waals surface area contributed by atoms with E-state index < -0.39 is 11.7 Å². The molecule has 6 heteroatoms. The molecule has 0 saturated carbocycles. The maximum absolute atomic E-state index is 12.3. The number of rotatable bonds is 2. The molecule has 0 spiro atoms. The summed E-state index contributed by atoms with van der Waals surface area (Å²) in [6, 6.07) is 4.74. The van der Waals surface area contributed by atoms with Crippen molar-refractivity contribution in [3.05, 3.63) is 58.3 Å². The molecule has 0 saturated heterocycles. The first-order chi connectivity index (χ1) is 7.97. The highest BCUT2D eigenvalue weighted by Crippen LogP contribution is 2.29. The Kier molecular flexibility index (Phi) is 2.79. The molecule has 0 radical (unpaired) electrons. The van der Waals surface area contributed by atoms with Gasteiger partial charge in [0.15, 0.2) is 0 Å². The molecule has 0 atom stereocenters. The Morgan fingerprint density at radius 3 is 2.29 bits per heavy atom. The maximum atomic E-state index is 12.3. The van der Waals surface area contributed by atoms with E-state index in [0.717, 1.165) is 12.1 Å². The van der Waals surface area contributed by atoms with Gasteiger partial charge < -0.3 is 4.98 Å². The van der Waals surface area contributed by atoms with Gasteiger partial charge in [0.05, 0.1) is 12.1 Å². The van der Waals surface area contributed by atoms with Gasteiger partial charge in [-0.25, -0.2) is 4.79 Å². The summed E-state index contributed by atoms with van der Waals surface area (Å²) in [6.45, 7) is 0.250. The summed E-state index contributed by atoms with van der Waals surface area (Å²) in [4.78, 5) is 13.6. The number of alkyl halides is 3. The van der Waals surface area contributed by atoms with Crippen molar-refractivity contribution >= 4 is 0 Å². The number of benzene rings is 1. The maximum Gasteiger partial charge on any atom is 0.416 e. The molecule has 1 N–H and O–H groups in total. The van der Waals surface area contributed by atoms with Crippen LogP contribution in [0.5, 0.6) is 0 Å². The average molecular weight is 242 g/mol. The van der Waals surface area contributed by atoms with E-state index in [4.69, 9.17) is 0 Å². The van der Waals surface area contributed by atoms with Gasteiger partial charge in [-0.1, -0.05) is 12.1 Å². The van der Waals surface area contributed by atoms with Crippen LogP contribution in [0.4, 0.5) is 13.2 Å². The highest BCUT2D eigenvalue weighted by molar-refractivity contribution is 5.24. The second-order valence-corrected chi connectivity index (χ2v) is 3.59. The smallest absolute Gasteiger partial charge is 0.313 e. The summed E-state index contributed by atoms with van der Waals surface area (Å²) in [6.07, 6.45) is -1.31. The number of halogens is 3. The highest BCUT2D eigenvalue weighted by Gasteiger charge is 2.29. The fourth-order valence-electron chi connectivity index (χ4n) is 1.47. The minimum atomic E-state index is -4.33. The second-order valence-electron chi connectivity index (χ2n) is 3.59. The summed E-state index contributed by atoms with van der Waals surface area (Å²) < 4.78 is 38.3. The summed E-state index contributed by atoms with van der Waals surface area (Å²) in [7, 11) is 0. The molecule has 0 aliphatic carbocycles. The standard InChI is InChI=1S/C11H9F3N2O/c12-11(13,14)9-3-1-8(2-4-9)7-16-6-5-15-10(16)17/h1-6H,7H2,(H,15,17). The van der Waals surface area contributed by atoms with Gasteiger partial charge in [-0.3, -0.25) is 4.57 Å². The lowest BCUT2D eigenvalue weighted by Crippen LogP contribution is -2.16. The first-order valence-electron chi connectivity index (χ1n) is 4.87. The van der Waals surface area contributed by atoms with Gasteiger partial charge in [0, 0.05) is 12.4 Å². The number of nitrogens with zero attached hydrogens (tertiary/aromatic N) is 1. The van der Waals surface area contributed by atoms with Gasteiger partial charge in [-0.2, -0.15) is 13.2 Å². The normalized spacial score (nSPS) is 11.7. The van der Waals surface area contributed by atoms with E-state index >= 15 is 0 Å². The van der Waals surface area contributed by atoms with E-state index in [9.17, 15) is 18.0 Å². The highest BCUT2D eigenvalue weighted by atomic mass is 19.4. The molecule has 1 aromatic heterocycles. The minimum Gasteiger partial charge on any atom is -0.313 e.